The highest BCUT2D eigenvalue weighted by Crippen LogP contribution is 2.43. The van der Waals surface area contributed by atoms with E-state index in [9.17, 15) is 19.0 Å². The Kier molecular flexibility index (Phi) is 43.9. The molecule has 2 unspecified atom stereocenters. The molecule has 0 rings (SSSR count). The number of hydrogen-bond acceptors (Lipinski definition) is 8. The summed E-state index contributed by atoms with van der Waals surface area (Å²) in [5.74, 6) is -0.850. The SMILES string of the molecule is CC/C=C\C/C=C\C/C=C\C/C=C\CCCCCCC(=O)OC(COC(=O)CCCCCCCCCCCCCCCCCCCCCCC)COP(=O)(O)OCCN. The second-order valence-corrected chi connectivity index (χ2v) is 17.4. The first kappa shape index (κ1) is 57.0. The first-order valence-electron chi connectivity index (χ1n) is 24.1. The van der Waals surface area contributed by atoms with Crippen molar-refractivity contribution in [3.05, 3.63) is 48.6 Å². The maximum absolute atomic E-state index is 12.6. The van der Waals surface area contributed by atoms with Gasteiger partial charge >= 0.3 is 19.8 Å². The molecule has 9 nitrogen and oxygen atoms in total. The van der Waals surface area contributed by atoms with E-state index < -0.39 is 26.5 Å². The summed E-state index contributed by atoms with van der Waals surface area (Å²) in [6.45, 7) is 3.62. The minimum absolute atomic E-state index is 0.0485. The summed E-state index contributed by atoms with van der Waals surface area (Å²) >= 11 is 0. The number of allylic oxidation sites excluding steroid dienone is 8. The van der Waals surface area contributed by atoms with E-state index in [1.165, 1.54) is 116 Å². The van der Waals surface area contributed by atoms with Crippen molar-refractivity contribution in [2.45, 2.75) is 225 Å². The van der Waals surface area contributed by atoms with Gasteiger partial charge in [-0.15, -0.1) is 0 Å². The van der Waals surface area contributed by atoms with Crippen LogP contribution in [-0.4, -0.2) is 49.3 Å². The number of rotatable bonds is 45. The molecule has 3 N–H and O–H groups in total. The van der Waals surface area contributed by atoms with Crippen molar-refractivity contribution >= 4 is 19.8 Å². The van der Waals surface area contributed by atoms with Crippen molar-refractivity contribution in [2.75, 3.05) is 26.4 Å². The number of phosphoric ester groups is 1. The lowest BCUT2D eigenvalue weighted by Crippen LogP contribution is -2.29. The van der Waals surface area contributed by atoms with Crippen molar-refractivity contribution in [1.29, 1.82) is 0 Å². The zero-order valence-electron chi connectivity index (χ0n) is 38.0. The monoisotopic (exact) mass is 852 g/mol. The van der Waals surface area contributed by atoms with Crippen molar-refractivity contribution < 1.29 is 37.6 Å². The molecule has 0 saturated carbocycles. The zero-order chi connectivity index (χ0) is 43.2. The fourth-order valence-electron chi connectivity index (χ4n) is 6.69. The number of unbranched alkanes of at least 4 members (excludes halogenated alkanes) is 24. The highest BCUT2D eigenvalue weighted by molar-refractivity contribution is 7.47. The van der Waals surface area contributed by atoms with E-state index in [0.29, 0.717) is 6.42 Å². The van der Waals surface area contributed by atoms with Gasteiger partial charge in [-0.2, -0.15) is 0 Å². The fraction of sp³-hybridized carbons (Fsp3) is 0.796. The topological polar surface area (TPSA) is 134 Å². The van der Waals surface area contributed by atoms with Gasteiger partial charge in [-0.25, -0.2) is 4.57 Å². The molecular weight excluding hydrogens is 762 g/mol. The van der Waals surface area contributed by atoms with Crippen LogP contribution in [0.15, 0.2) is 48.6 Å². The Morgan fingerprint density at radius 1 is 0.525 bits per heavy atom. The summed E-state index contributed by atoms with van der Waals surface area (Å²) in [6, 6.07) is 0. The van der Waals surface area contributed by atoms with Crippen LogP contribution in [0.3, 0.4) is 0 Å². The van der Waals surface area contributed by atoms with Crippen LogP contribution in [0.1, 0.15) is 219 Å². The highest BCUT2D eigenvalue weighted by Gasteiger charge is 2.26. The molecule has 0 saturated heterocycles. The average molecular weight is 852 g/mol. The van der Waals surface area contributed by atoms with E-state index in [0.717, 1.165) is 70.6 Å². The van der Waals surface area contributed by atoms with Crippen molar-refractivity contribution in [2.24, 2.45) is 5.73 Å². The minimum atomic E-state index is -4.39. The van der Waals surface area contributed by atoms with Crippen LogP contribution in [0.2, 0.25) is 0 Å². The summed E-state index contributed by atoms with van der Waals surface area (Å²) in [5, 5.41) is 0. The smallest absolute Gasteiger partial charge is 0.462 e. The van der Waals surface area contributed by atoms with Gasteiger partial charge in [0.2, 0.25) is 0 Å². The summed E-state index contributed by atoms with van der Waals surface area (Å²) in [7, 11) is -4.39. The van der Waals surface area contributed by atoms with Crippen LogP contribution in [-0.2, 0) is 32.7 Å². The molecule has 0 aliphatic rings. The van der Waals surface area contributed by atoms with E-state index >= 15 is 0 Å². The Bertz CT molecular complexity index is 1110. The molecule has 0 aliphatic carbocycles. The highest BCUT2D eigenvalue weighted by atomic mass is 31.2. The molecule has 0 fully saturated rings. The predicted molar refractivity (Wildman–Crippen MR) is 247 cm³/mol. The van der Waals surface area contributed by atoms with E-state index in [2.05, 4.69) is 62.5 Å². The van der Waals surface area contributed by atoms with E-state index in [-0.39, 0.29) is 38.6 Å². The number of hydrogen-bond donors (Lipinski definition) is 2. The Morgan fingerprint density at radius 3 is 1.39 bits per heavy atom. The molecular formula is C49H90NO8P. The van der Waals surface area contributed by atoms with Crippen molar-refractivity contribution in [3.63, 3.8) is 0 Å². The second-order valence-electron chi connectivity index (χ2n) is 16.0. The van der Waals surface area contributed by atoms with Crippen LogP contribution in [0, 0.1) is 0 Å². The summed E-state index contributed by atoms with van der Waals surface area (Å²) in [5.41, 5.74) is 5.36. The lowest BCUT2D eigenvalue weighted by Gasteiger charge is -2.19. The van der Waals surface area contributed by atoms with E-state index in [1.54, 1.807) is 0 Å². The largest absolute Gasteiger partial charge is 0.472 e. The minimum Gasteiger partial charge on any atom is -0.462 e. The van der Waals surface area contributed by atoms with Crippen LogP contribution < -0.4 is 5.73 Å². The van der Waals surface area contributed by atoms with Gasteiger partial charge < -0.3 is 20.1 Å². The molecule has 0 aliphatic heterocycles. The van der Waals surface area contributed by atoms with Gasteiger partial charge in [0.15, 0.2) is 6.10 Å². The maximum Gasteiger partial charge on any atom is 0.472 e. The van der Waals surface area contributed by atoms with Gasteiger partial charge in [0.1, 0.15) is 6.61 Å². The van der Waals surface area contributed by atoms with Gasteiger partial charge in [-0.1, -0.05) is 204 Å². The molecule has 10 heteroatoms. The third-order valence-corrected chi connectivity index (χ3v) is 11.2. The Labute approximate surface area is 362 Å². The van der Waals surface area contributed by atoms with Gasteiger partial charge in [0.05, 0.1) is 13.2 Å². The van der Waals surface area contributed by atoms with Crippen LogP contribution in [0.5, 0.6) is 0 Å². The molecule has 0 radical (unpaired) electrons. The number of phosphoric acid groups is 1. The van der Waals surface area contributed by atoms with Gasteiger partial charge in [-0.3, -0.25) is 18.6 Å². The van der Waals surface area contributed by atoms with Crippen LogP contribution >= 0.6 is 7.82 Å². The van der Waals surface area contributed by atoms with Gasteiger partial charge in [-0.05, 0) is 51.4 Å². The normalized spacial score (nSPS) is 13.6. The summed E-state index contributed by atoms with van der Waals surface area (Å²) in [6.07, 6.45) is 52.9. The summed E-state index contributed by atoms with van der Waals surface area (Å²) in [4.78, 5) is 35.0. The lowest BCUT2D eigenvalue weighted by molar-refractivity contribution is -0.161. The number of esters is 2. The van der Waals surface area contributed by atoms with E-state index in [1.807, 2.05) is 0 Å². The second kappa shape index (κ2) is 45.5. The number of carbonyl (C=O) groups is 2. The van der Waals surface area contributed by atoms with E-state index in [4.69, 9.17) is 24.3 Å². The fourth-order valence-corrected chi connectivity index (χ4v) is 7.45. The quantitative estimate of drug-likeness (QED) is 0.0266. The molecule has 59 heavy (non-hydrogen) atoms. The first-order chi connectivity index (χ1) is 28.8. The summed E-state index contributed by atoms with van der Waals surface area (Å²) < 4.78 is 32.8. The van der Waals surface area contributed by atoms with Crippen LogP contribution in [0.4, 0.5) is 0 Å². The van der Waals surface area contributed by atoms with Crippen molar-refractivity contribution in [1.82, 2.24) is 0 Å². The lowest BCUT2D eigenvalue weighted by atomic mass is 10.0. The third-order valence-electron chi connectivity index (χ3n) is 10.2. The Balaban J connectivity index is 4.08. The van der Waals surface area contributed by atoms with Crippen LogP contribution in [0.25, 0.3) is 0 Å². The molecule has 0 heterocycles. The van der Waals surface area contributed by atoms with Gasteiger partial charge in [0.25, 0.3) is 0 Å². The molecule has 0 amide bonds. The predicted octanol–water partition coefficient (Wildman–Crippen LogP) is 14.3. The molecule has 0 bridgehead atoms. The molecule has 0 aromatic carbocycles. The molecule has 2 atom stereocenters. The molecule has 344 valence electrons. The van der Waals surface area contributed by atoms with Gasteiger partial charge in [0, 0.05) is 19.4 Å². The van der Waals surface area contributed by atoms with Crippen molar-refractivity contribution in [3.8, 4) is 0 Å². The number of nitrogens with two attached hydrogens (primary N) is 1. The Morgan fingerprint density at radius 2 is 0.932 bits per heavy atom. The number of carbonyl (C=O) groups excluding carboxylic acids is 2. The standard InChI is InChI=1S/C49H90NO8P/c1-3-5-7-9-11-13-15-17-19-21-22-23-24-26-27-29-31-33-35-37-39-41-48(51)55-45-47(46-57-59(53,54)56-44-43-50)58-49(52)42-40-38-36-34-32-30-28-25-20-18-16-14-12-10-8-6-4-2/h6,8,12,14,18,20,28,30,47H,3-5,7,9-11,13,15-17,19,21-27,29,31-46,50H2,1-2H3,(H,53,54)/b8-6-,14-12-,20-18-,30-28-. The zero-order valence-corrected chi connectivity index (χ0v) is 38.9. The molecule has 0 aromatic heterocycles. The third kappa shape index (κ3) is 45.3. The Hall–Kier alpha value is -2.03. The number of ether oxygens (including phenoxy) is 2. The molecule has 0 spiro atoms. The molecule has 0 aromatic rings. The average Bonchev–Trinajstić information content (AvgIpc) is 3.22. The maximum atomic E-state index is 12.6. The first-order valence-corrected chi connectivity index (χ1v) is 25.6.